The summed E-state index contributed by atoms with van der Waals surface area (Å²) >= 11 is 10.7. The molecule has 0 aliphatic rings. The Balaban J connectivity index is 1.08. The van der Waals surface area contributed by atoms with Gasteiger partial charge in [-0.25, -0.2) is 4.98 Å². The molecule has 0 aliphatic carbocycles. The summed E-state index contributed by atoms with van der Waals surface area (Å²) in [7, 11) is 0. The lowest BCUT2D eigenvalue weighted by atomic mass is 10.2. The first kappa shape index (κ1) is 23.2. The third kappa shape index (κ3) is 4.75. The van der Waals surface area contributed by atoms with Gasteiger partial charge in [0.15, 0.2) is 5.16 Å². The summed E-state index contributed by atoms with van der Waals surface area (Å²) in [5.74, 6) is 0.547. The van der Waals surface area contributed by atoms with Crippen LogP contribution in [0.1, 0.15) is 6.42 Å². The van der Waals surface area contributed by atoms with Gasteiger partial charge in [-0.2, -0.15) is 0 Å². The van der Waals surface area contributed by atoms with Gasteiger partial charge < -0.3 is 5.32 Å². The Bertz CT molecular complexity index is 1640. The average Bonchev–Trinajstić information content (AvgIpc) is 3.61. The van der Waals surface area contributed by atoms with Crippen molar-refractivity contribution >= 4 is 72.8 Å². The standard InChI is InChI=1S/C26H18ClN5OS3/c27-18-9-5-16(6-10-18)21-15-35-26-31-30-25(32(21)26)34-14-13-23(33)28-19-11-7-17(8-12-19)24-29-20-3-1-2-4-22(20)36-24/h1-12,15H,13-14H2,(H,28,33). The number of hydrogen-bond acceptors (Lipinski definition) is 7. The number of para-hydroxylation sites is 1. The fourth-order valence-electron chi connectivity index (χ4n) is 3.76. The SMILES string of the molecule is O=C(CCSc1nnc2scc(-c3ccc(Cl)cc3)n12)Nc1ccc(-c2nc3ccccc3s2)cc1. The van der Waals surface area contributed by atoms with Gasteiger partial charge in [0.2, 0.25) is 10.9 Å². The largest absolute Gasteiger partial charge is 0.326 e. The Morgan fingerprint density at radius 3 is 2.56 bits per heavy atom. The van der Waals surface area contributed by atoms with Crippen LogP contribution in [-0.4, -0.2) is 31.2 Å². The van der Waals surface area contributed by atoms with Gasteiger partial charge in [0.25, 0.3) is 0 Å². The maximum absolute atomic E-state index is 12.6. The van der Waals surface area contributed by atoms with Gasteiger partial charge in [-0.3, -0.25) is 9.20 Å². The number of carbonyl (C=O) groups excluding carboxylic acids is 1. The predicted molar refractivity (Wildman–Crippen MR) is 150 cm³/mol. The third-order valence-corrected chi connectivity index (χ3v) is 8.61. The Kier molecular flexibility index (Phi) is 6.45. The molecule has 10 heteroatoms. The first-order chi connectivity index (χ1) is 17.6. The smallest absolute Gasteiger partial charge is 0.225 e. The molecule has 3 aromatic carbocycles. The molecule has 178 valence electrons. The summed E-state index contributed by atoms with van der Waals surface area (Å²) in [5, 5.41) is 16.1. The number of hydrogen-bond donors (Lipinski definition) is 1. The molecule has 0 spiro atoms. The minimum absolute atomic E-state index is 0.0424. The number of nitrogens with zero attached hydrogens (tertiary/aromatic N) is 4. The Hall–Kier alpha value is -3.24. The van der Waals surface area contributed by atoms with Crippen molar-refractivity contribution in [3.05, 3.63) is 83.2 Å². The van der Waals surface area contributed by atoms with Crippen molar-refractivity contribution in [3.8, 4) is 21.8 Å². The maximum atomic E-state index is 12.6. The average molecular weight is 548 g/mol. The summed E-state index contributed by atoms with van der Waals surface area (Å²) in [6, 6.07) is 23.6. The van der Waals surface area contributed by atoms with Gasteiger partial charge in [0, 0.05) is 33.8 Å². The Labute approximate surface area is 224 Å². The Morgan fingerprint density at radius 2 is 1.75 bits per heavy atom. The molecule has 0 atom stereocenters. The molecule has 1 amide bonds. The van der Waals surface area contributed by atoms with Crippen molar-refractivity contribution in [3.63, 3.8) is 0 Å². The van der Waals surface area contributed by atoms with Crippen LogP contribution in [0.25, 0.3) is 37.0 Å². The molecule has 6 rings (SSSR count). The number of thiazole rings is 2. The summed E-state index contributed by atoms with van der Waals surface area (Å²) in [4.78, 5) is 18.1. The Morgan fingerprint density at radius 1 is 0.972 bits per heavy atom. The lowest BCUT2D eigenvalue weighted by Gasteiger charge is -2.06. The van der Waals surface area contributed by atoms with Crippen LogP contribution in [0.3, 0.4) is 0 Å². The number of thioether (sulfide) groups is 1. The molecule has 0 bridgehead atoms. The van der Waals surface area contributed by atoms with Crippen molar-refractivity contribution < 1.29 is 4.79 Å². The molecule has 1 N–H and O–H groups in total. The molecular weight excluding hydrogens is 530 g/mol. The van der Waals surface area contributed by atoms with Crippen LogP contribution in [0.2, 0.25) is 5.02 Å². The molecule has 0 saturated heterocycles. The molecule has 0 radical (unpaired) electrons. The van der Waals surface area contributed by atoms with E-state index >= 15 is 0 Å². The van der Waals surface area contributed by atoms with E-state index in [0.29, 0.717) is 17.2 Å². The minimum Gasteiger partial charge on any atom is -0.326 e. The van der Waals surface area contributed by atoms with E-state index in [1.807, 2.05) is 71.1 Å². The molecule has 6 nitrogen and oxygen atoms in total. The number of anilines is 1. The monoisotopic (exact) mass is 547 g/mol. The third-order valence-electron chi connectivity index (χ3n) is 5.53. The minimum atomic E-state index is -0.0424. The van der Waals surface area contributed by atoms with Crippen LogP contribution in [0.5, 0.6) is 0 Å². The van der Waals surface area contributed by atoms with Crippen LogP contribution in [0.15, 0.2) is 83.3 Å². The van der Waals surface area contributed by atoms with Crippen LogP contribution >= 0.6 is 46.0 Å². The number of aromatic nitrogens is 4. The van der Waals surface area contributed by atoms with E-state index in [-0.39, 0.29) is 5.91 Å². The van der Waals surface area contributed by atoms with Crippen molar-refractivity contribution in [1.29, 1.82) is 0 Å². The molecule has 0 aliphatic heterocycles. The normalized spacial score (nSPS) is 11.4. The second kappa shape index (κ2) is 10.0. The highest BCUT2D eigenvalue weighted by Crippen LogP contribution is 2.32. The molecule has 0 saturated carbocycles. The lowest BCUT2D eigenvalue weighted by Crippen LogP contribution is -2.12. The van der Waals surface area contributed by atoms with E-state index < -0.39 is 0 Å². The van der Waals surface area contributed by atoms with Crippen LogP contribution in [0, 0.1) is 0 Å². The highest BCUT2D eigenvalue weighted by atomic mass is 35.5. The van der Waals surface area contributed by atoms with Crippen LogP contribution in [-0.2, 0) is 4.79 Å². The molecule has 6 aromatic rings. The predicted octanol–water partition coefficient (Wildman–Crippen LogP) is 7.51. The number of fused-ring (bicyclic) bond motifs is 2. The number of carbonyl (C=O) groups is 1. The van der Waals surface area contributed by atoms with E-state index in [9.17, 15) is 4.79 Å². The second-order valence-electron chi connectivity index (χ2n) is 7.94. The van der Waals surface area contributed by atoms with E-state index in [1.54, 1.807) is 11.3 Å². The number of nitrogens with one attached hydrogen (secondary N) is 1. The molecule has 3 heterocycles. The zero-order chi connectivity index (χ0) is 24.5. The maximum Gasteiger partial charge on any atom is 0.225 e. The van der Waals surface area contributed by atoms with Crippen molar-refractivity contribution in [2.75, 3.05) is 11.1 Å². The van der Waals surface area contributed by atoms with Crippen LogP contribution < -0.4 is 5.32 Å². The van der Waals surface area contributed by atoms with E-state index in [4.69, 9.17) is 16.6 Å². The van der Waals surface area contributed by atoms with Crippen LogP contribution in [0.4, 0.5) is 5.69 Å². The van der Waals surface area contributed by atoms with Gasteiger partial charge in [-0.15, -0.1) is 32.9 Å². The number of rotatable bonds is 7. The molecule has 3 aromatic heterocycles. The summed E-state index contributed by atoms with van der Waals surface area (Å²) in [6.45, 7) is 0. The first-order valence-corrected chi connectivity index (χ1v) is 14.2. The summed E-state index contributed by atoms with van der Waals surface area (Å²) < 4.78 is 3.19. The first-order valence-electron chi connectivity index (χ1n) is 11.1. The molecule has 0 fully saturated rings. The van der Waals surface area contributed by atoms with E-state index in [1.165, 1.54) is 23.1 Å². The second-order valence-corrected chi connectivity index (χ2v) is 11.3. The van der Waals surface area contributed by atoms with Gasteiger partial charge >= 0.3 is 0 Å². The zero-order valence-electron chi connectivity index (χ0n) is 18.7. The lowest BCUT2D eigenvalue weighted by molar-refractivity contribution is -0.115. The topological polar surface area (TPSA) is 72.2 Å². The number of amides is 1. The fourth-order valence-corrected chi connectivity index (χ4v) is 6.64. The molecule has 36 heavy (non-hydrogen) atoms. The van der Waals surface area contributed by atoms with Gasteiger partial charge in [0.1, 0.15) is 5.01 Å². The van der Waals surface area contributed by atoms with Crippen molar-refractivity contribution in [1.82, 2.24) is 19.6 Å². The number of halogens is 1. The van der Waals surface area contributed by atoms with Gasteiger partial charge in [-0.1, -0.05) is 47.6 Å². The highest BCUT2D eigenvalue weighted by molar-refractivity contribution is 7.99. The van der Waals surface area contributed by atoms with Gasteiger partial charge in [-0.05, 0) is 54.1 Å². The highest BCUT2D eigenvalue weighted by Gasteiger charge is 2.15. The van der Waals surface area contributed by atoms with Crippen molar-refractivity contribution in [2.45, 2.75) is 11.6 Å². The van der Waals surface area contributed by atoms with Crippen molar-refractivity contribution in [2.24, 2.45) is 0 Å². The molecule has 0 unspecified atom stereocenters. The zero-order valence-corrected chi connectivity index (χ0v) is 21.9. The van der Waals surface area contributed by atoms with E-state index in [0.717, 1.165) is 47.8 Å². The van der Waals surface area contributed by atoms with E-state index in [2.05, 4.69) is 27.0 Å². The summed E-state index contributed by atoms with van der Waals surface area (Å²) in [6.07, 6.45) is 0.361. The quantitative estimate of drug-likeness (QED) is 0.209. The molecular formula is C26H18ClN5OS3. The fraction of sp³-hybridized carbons (Fsp3) is 0.0769. The van der Waals surface area contributed by atoms with Gasteiger partial charge in [0.05, 0.1) is 15.9 Å². The number of benzene rings is 3. The summed E-state index contributed by atoms with van der Waals surface area (Å²) in [5.41, 5.74) is 4.85.